The summed E-state index contributed by atoms with van der Waals surface area (Å²) < 4.78 is 3.82. The monoisotopic (exact) mass is 277 g/mol. The van der Waals surface area contributed by atoms with Crippen molar-refractivity contribution in [1.29, 1.82) is 0 Å². The summed E-state index contributed by atoms with van der Waals surface area (Å²) in [7, 11) is 0. The number of aromatic nitrogens is 2. The number of carbonyl (C=O) groups excluding carboxylic acids is 1. The Kier molecular flexibility index (Phi) is 4.11. The van der Waals surface area contributed by atoms with E-state index in [-0.39, 0.29) is 11.7 Å². The Labute approximate surface area is 115 Å². The van der Waals surface area contributed by atoms with Crippen molar-refractivity contribution in [3.05, 3.63) is 34.3 Å². The second-order valence-electron chi connectivity index (χ2n) is 4.20. The first-order valence-electron chi connectivity index (χ1n) is 6.04. The number of aryl methyl sites for hydroxylation is 1. The summed E-state index contributed by atoms with van der Waals surface area (Å²) in [5, 5.41) is 16.4. The van der Waals surface area contributed by atoms with Crippen LogP contribution in [0.5, 0.6) is 5.75 Å². The van der Waals surface area contributed by atoms with E-state index in [0.717, 1.165) is 30.1 Å². The Hall–Kier alpha value is -1.95. The highest BCUT2D eigenvalue weighted by atomic mass is 32.1. The quantitative estimate of drug-likeness (QED) is 0.901. The number of carbonyl (C=O) groups is 1. The predicted molar refractivity (Wildman–Crippen MR) is 74.7 cm³/mol. The van der Waals surface area contributed by atoms with E-state index >= 15 is 0 Å². The van der Waals surface area contributed by atoms with Gasteiger partial charge in [-0.1, -0.05) is 23.9 Å². The summed E-state index contributed by atoms with van der Waals surface area (Å²) in [5.74, 6) is -0.0684. The van der Waals surface area contributed by atoms with E-state index < -0.39 is 0 Å². The van der Waals surface area contributed by atoms with Gasteiger partial charge in [-0.15, -0.1) is 5.10 Å². The topological polar surface area (TPSA) is 75.1 Å². The van der Waals surface area contributed by atoms with Crippen molar-refractivity contribution in [3.63, 3.8) is 0 Å². The molecule has 0 unspecified atom stereocenters. The van der Waals surface area contributed by atoms with E-state index in [1.807, 2.05) is 6.92 Å². The number of anilines is 1. The molecule has 0 aliphatic rings. The molecule has 5 nitrogen and oxygen atoms in total. The number of aromatic hydroxyl groups is 1. The Morgan fingerprint density at radius 3 is 3.00 bits per heavy atom. The molecule has 0 fully saturated rings. The van der Waals surface area contributed by atoms with E-state index in [1.54, 1.807) is 25.1 Å². The van der Waals surface area contributed by atoms with Gasteiger partial charge < -0.3 is 10.4 Å². The number of rotatable bonds is 4. The fourth-order valence-electron chi connectivity index (χ4n) is 1.72. The molecule has 2 N–H and O–H groups in total. The minimum absolute atomic E-state index is 0.161. The maximum atomic E-state index is 12.2. The van der Waals surface area contributed by atoms with Gasteiger partial charge in [-0.05, 0) is 37.0 Å². The van der Waals surface area contributed by atoms with Gasteiger partial charge in [0.1, 0.15) is 10.6 Å². The fraction of sp³-hybridized carbons (Fsp3) is 0.308. The molecule has 0 bridgehead atoms. The average molecular weight is 277 g/mol. The molecule has 0 radical (unpaired) electrons. The van der Waals surface area contributed by atoms with Gasteiger partial charge in [0.2, 0.25) is 0 Å². The molecule has 1 heterocycles. The standard InChI is InChI=1S/C13H15N3O2S/c1-3-5-10-12(19-16-15-10)13(18)14-9-6-4-7-11(17)8(9)2/h4,6-7,17H,3,5H2,1-2H3,(H,14,18). The Balaban J connectivity index is 2.21. The zero-order chi connectivity index (χ0) is 13.8. The predicted octanol–water partition coefficient (Wildman–Crippen LogP) is 2.76. The SMILES string of the molecule is CCCc1nnsc1C(=O)Nc1cccc(O)c1C. The third kappa shape index (κ3) is 2.90. The first kappa shape index (κ1) is 13.5. The van der Waals surface area contributed by atoms with Crippen LogP contribution in [0.3, 0.4) is 0 Å². The number of phenols is 1. The summed E-state index contributed by atoms with van der Waals surface area (Å²) in [6.45, 7) is 3.78. The van der Waals surface area contributed by atoms with Crippen molar-refractivity contribution < 1.29 is 9.90 Å². The number of phenolic OH excluding ortho intramolecular Hbond substituents is 1. The lowest BCUT2D eigenvalue weighted by Crippen LogP contribution is -2.13. The molecule has 6 heteroatoms. The summed E-state index contributed by atoms with van der Waals surface area (Å²) in [5.41, 5.74) is 1.97. The van der Waals surface area contributed by atoms with Crippen LogP contribution in [0.2, 0.25) is 0 Å². The fourth-order valence-corrected chi connectivity index (χ4v) is 2.32. The number of nitrogens with zero attached hydrogens (tertiary/aromatic N) is 2. The molecule has 2 rings (SSSR count). The molecule has 2 aromatic rings. The van der Waals surface area contributed by atoms with Gasteiger partial charge in [0, 0.05) is 11.3 Å². The average Bonchev–Trinajstić information content (AvgIpc) is 2.84. The molecule has 100 valence electrons. The maximum Gasteiger partial charge on any atom is 0.269 e. The van der Waals surface area contributed by atoms with Crippen LogP contribution in [0.4, 0.5) is 5.69 Å². The molecule has 0 aliphatic heterocycles. The minimum atomic E-state index is -0.229. The number of hydrogen-bond donors (Lipinski definition) is 2. The Morgan fingerprint density at radius 1 is 1.47 bits per heavy atom. The van der Waals surface area contributed by atoms with Crippen molar-refractivity contribution in [3.8, 4) is 5.75 Å². The van der Waals surface area contributed by atoms with Crippen molar-refractivity contribution >= 4 is 23.1 Å². The van der Waals surface area contributed by atoms with Crippen molar-refractivity contribution in [2.75, 3.05) is 5.32 Å². The maximum absolute atomic E-state index is 12.2. The number of nitrogens with one attached hydrogen (secondary N) is 1. The second-order valence-corrected chi connectivity index (χ2v) is 4.96. The van der Waals surface area contributed by atoms with Gasteiger partial charge in [0.25, 0.3) is 5.91 Å². The van der Waals surface area contributed by atoms with Crippen LogP contribution in [0.15, 0.2) is 18.2 Å². The van der Waals surface area contributed by atoms with E-state index in [2.05, 4.69) is 14.9 Å². The third-order valence-electron chi connectivity index (χ3n) is 2.80. The molecule has 0 saturated carbocycles. The Bertz CT molecular complexity index is 595. The first-order chi connectivity index (χ1) is 9.13. The lowest BCUT2D eigenvalue weighted by atomic mass is 10.1. The van der Waals surface area contributed by atoms with Crippen LogP contribution >= 0.6 is 11.5 Å². The molecular formula is C13H15N3O2S. The van der Waals surface area contributed by atoms with Gasteiger partial charge in [0.15, 0.2) is 0 Å². The van der Waals surface area contributed by atoms with E-state index in [4.69, 9.17) is 0 Å². The molecule has 0 atom stereocenters. The Morgan fingerprint density at radius 2 is 2.26 bits per heavy atom. The molecule has 0 spiro atoms. The minimum Gasteiger partial charge on any atom is -0.508 e. The van der Waals surface area contributed by atoms with Gasteiger partial charge >= 0.3 is 0 Å². The summed E-state index contributed by atoms with van der Waals surface area (Å²) >= 11 is 1.09. The lowest BCUT2D eigenvalue weighted by Gasteiger charge is -2.08. The number of hydrogen-bond acceptors (Lipinski definition) is 5. The molecule has 1 aromatic carbocycles. The van der Waals surface area contributed by atoms with Gasteiger partial charge in [-0.2, -0.15) is 0 Å². The lowest BCUT2D eigenvalue weighted by molar-refractivity contribution is 0.102. The smallest absolute Gasteiger partial charge is 0.269 e. The van der Waals surface area contributed by atoms with Crippen molar-refractivity contribution in [1.82, 2.24) is 9.59 Å². The van der Waals surface area contributed by atoms with Crippen LogP contribution in [0, 0.1) is 6.92 Å². The van der Waals surface area contributed by atoms with E-state index in [1.165, 1.54) is 0 Å². The highest BCUT2D eigenvalue weighted by Crippen LogP contribution is 2.25. The first-order valence-corrected chi connectivity index (χ1v) is 6.82. The number of amides is 1. The third-order valence-corrected chi connectivity index (χ3v) is 3.57. The zero-order valence-electron chi connectivity index (χ0n) is 10.8. The van der Waals surface area contributed by atoms with Crippen LogP contribution in [0.1, 0.15) is 34.3 Å². The second kappa shape index (κ2) is 5.79. The van der Waals surface area contributed by atoms with Crippen molar-refractivity contribution in [2.24, 2.45) is 0 Å². The highest BCUT2D eigenvalue weighted by molar-refractivity contribution is 7.08. The van der Waals surface area contributed by atoms with Crippen LogP contribution in [-0.2, 0) is 6.42 Å². The van der Waals surface area contributed by atoms with Crippen LogP contribution in [-0.4, -0.2) is 20.6 Å². The highest BCUT2D eigenvalue weighted by Gasteiger charge is 2.16. The van der Waals surface area contributed by atoms with Crippen LogP contribution in [0.25, 0.3) is 0 Å². The van der Waals surface area contributed by atoms with Gasteiger partial charge in [0.05, 0.1) is 5.69 Å². The van der Waals surface area contributed by atoms with E-state index in [9.17, 15) is 9.90 Å². The zero-order valence-corrected chi connectivity index (χ0v) is 11.6. The molecular weight excluding hydrogens is 262 g/mol. The summed E-state index contributed by atoms with van der Waals surface area (Å²) in [6, 6.07) is 5.03. The molecule has 1 amide bonds. The van der Waals surface area contributed by atoms with Crippen molar-refractivity contribution in [2.45, 2.75) is 26.7 Å². The summed E-state index contributed by atoms with van der Waals surface area (Å²) in [6.07, 6.45) is 1.65. The molecule has 1 aromatic heterocycles. The largest absolute Gasteiger partial charge is 0.508 e. The molecule has 0 aliphatic carbocycles. The normalized spacial score (nSPS) is 10.4. The molecule has 19 heavy (non-hydrogen) atoms. The molecule has 0 saturated heterocycles. The summed E-state index contributed by atoms with van der Waals surface area (Å²) in [4.78, 5) is 12.7. The van der Waals surface area contributed by atoms with Gasteiger partial charge in [-0.25, -0.2) is 0 Å². The number of benzene rings is 1. The van der Waals surface area contributed by atoms with Crippen LogP contribution < -0.4 is 5.32 Å². The van der Waals surface area contributed by atoms with E-state index in [0.29, 0.717) is 16.1 Å². The van der Waals surface area contributed by atoms with Gasteiger partial charge in [-0.3, -0.25) is 4.79 Å².